The van der Waals surface area contributed by atoms with E-state index in [1.807, 2.05) is 0 Å². The molecule has 0 saturated heterocycles. The molecular weight excluding hydrogens is 435 g/mol. The molecule has 0 saturated carbocycles. The Hall–Kier alpha value is -4.41. The van der Waals surface area contributed by atoms with Gasteiger partial charge in [0.25, 0.3) is 0 Å². The Morgan fingerprint density at radius 1 is 1.00 bits per heavy atom. The Labute approximate surface area is 184 Å². The predicted molar refractivity (Wildman–Crippen MR) is 115 cm³/mol. The summed E-state index contributed by atoms with van der Waals surface area (Å²) in [5.41, 5.74) is 6.84. The number of aryl methyl sites for hydroxylation is 1. The van der Waals surface area contributed by atoms with E-state index in [0.717, 1.165) is 33.5 Å². The maximum Gasteiger partial charge on any atom is 0.350 e. The standard InChI is InChI=1S/C22H16F3N7O/c1-30-9-16(19-20(26)27-10-28-21(19)30)15-4-3-14(7-18(15)25)32-22(33)31(11-29-32)8-12-6-13(23)2-5-17(12)24/h2-7,9-11H,8H2,1H3,(H2,26,27,28). The first kappa shape index (κ1) is 20.5. The van der Waals surface area contributed by atoms with Gasteiger partial charge >= 0.3 is 5.69 Å². The number of anilines is 1. The van der Waals surface area contributed by atoms with Gasteiger partial charge in [-0.15, -0.1) is 0 Å². The summed E-state index contributed by atoms with van der Waals surface area (Å²) in [5, 5.41) is 4.50. The summed E-state index contributed by atoms with van der Waals surface area (Å²) in [5.74, 6) is -1.66. The van der Waals surface area contributed by atoms with Crippen molar-refractivity contribution in [2.24, 2.45) is 7.05 Å². The minimum atomic E-state index is -0.648. The summed E-state index contributed by atoms with van der Waals surface area (Å²) in [7, 11) is 1.76. The monoisotopic (exact) mass is 451 g/mol. The maximum atomic E-state index is 15.1. The van der Waals surface area contributed by atoms with Crippen LogP contribution in [0.3, 0.4) is 0 Å². The second-order valence-corrected chi connectivity index (χ2v) is 7.46. The first-order chi connectivity index (χ1) is 15.8. The highest BCUT2D eigenvalue weighted by atomic mass is 19.1. The van der Waals surface area contributed by atoms with E-state index < -0.39 is 23.1 Å². The van der Waals surface area contributed by atoms with Crippen LogP contribution in [-0.2, 0) is 13.6 Å². The summed E-state index contributed by atoms with van der Waals surface area (Å²) < 4.78 is 46.3. The Balaban J connectivity index is 1.53. The van der Waals surface area contributed by atoms with Crippen LogP contribution in [0.4, 0.5) is 19.0 Å². The van der Waals surface area contributed by atoms with Crippen molar-refractivity contribution in [3.63, 3.8) is 0 Å². The zero-order valence-electron chi connectivity index (χ0n) is 17.2. The molecule has 0 unspecified atom stereocenters. The van der Waals surface area contributed by atoms with Gasteiger partial charge in [0, 0.05) is 36.0 Å². The lowest BCUT2D eigenvalue weighted by atomic mass is 10.0. The fourth-order valence-corrected chi connectivity index (χ4v) is 3.76. The molecule has 0 atom stereocenters. The summed E-state index contributed by atoms with van der Waals surface area (Å²) in [4.78, 5) is 20.9. The van der Waals surface area contributed by atoms with Gasteiger partial charge in [0.05, 0.1) is 17.6 Å². The molecule has 0 amide bonds. The number of hydrogen-bond acceptors (Lipinski definition) is 5. The lowest BCUT2D eigenvalue weighted by Gasteiger charge is -2.06. The number of nitrogens with two attached hydrogens (primary N) is 1. The molecule has 5 rings (SSSR count). The molecule has 8 nitrogen and oxygen atoms in total. The summed E-state index contributed by atoms with van der Waals surface area (Å²) in [6.45, 7) is -0.224. The third kappa shape index (κ3) is 3.43. The molecule has 33 heavy (non-hydrogen) atoms. The second-order valence-electron chi connectivity index (χ2n) is 7.46. The fourth-order valence-electron chi connectivity index (χ4n) is 3.76. The highest BCUT2D eigenvalue weighted by Gasteiger charge is 2.18. The van der Waals surface area contributed by atoms with Crippen molar-refractivity contribution in [2.45, 2.75) is 6.54 Å². The highest BCUT2D eigenvalue weighted by Crippen LogP contribution is 2.34. The second kappa shape index (κ2) is 7.62. The molecule has 2 N–H and O–H groups in total. The van der Waals surface area contributed by atoms with Gasteiger partial charge in [-0.1, -0.05) is 0 Å². The quantitative estimate of drug-likeness (QED) is 0.453. The SMILES string of the molecule is Cn1cc(-c2ccc(-n3ncn(Cc4cc(F)ccc4F)c3=O)cc2F)c2c(N)ncnc21. The molecule has 5 aromatic rings. The molecule has 0 aliphatic rings. The van der Waals surface area contributed by atoms with Gasteiger partial charge in [-0.2, -0.15) is 9.78 Å². The number of aromatic nitrogens is 6. The summed E-state index contributed by atoms with van der Waals surface area (Å²) in [6, 6.07) is 7.18. The van der Waals surface area contributed by atoms with Crippen LogP contribution >= 0.6 is 0 Å². The van der Waals surface area contributed by atoms with Crippen LogP contribution in [0, 0.1) is 17.5 Å². The average molecular weight is 451 g/mol. The molecule has 3 heterocycles. The van der Waals surface area contributed by atoms with Crippen LogP contribution in [0.25, 0.3) is 27.8 Å². The minimum Gasteiger partial charge on any atom is -0.383 e. The zero-order valence-corrected chi connectivity index (χ0v) is 17.2. The molecule has 3 aromatic heterocycles. The van der Waals surface area contributed by atoms with Crippen LogP contribution in [0.15, 0.2) is 60.0 Å². The van der Waals surface area contributed by atoms with Crippen LogP contribution in [0.1, 0.15) is 5.56 Å². The number of fused-ring (bicyclic) bond motifs is 1. The third-order valence-electron chi connectivity index (χ3n) is 5.35. The van der Waals surface area contributed by atoms with Gasteiger partial charge in [-0.05, 0) is 30.3 Å². The Morgan fingerprint density at radius 3 is 2.61 bits per heavy atom. The van der Waals surface area contributed by atoms with Crippen molar-refractivity contribution in [3.05, 3.63) is 88.7 Å². The van der Waals surface area contributed by atoms with Crippen LogP contribution < -0.4 is 11.4 Å². The van der Waals surface area contributed by atoms with E-state index in [-0.39, 0.29) is 29.2 Å². The molecule has 166 valence electrons. The van der Waals surface area contributed by atoms with Crippen molar-refractivity contribution in [3.8, 4) is 16.8 Å². The smallest absolute Gasteiger partial charge is 0.350 e. The Morgan fingerprint density at radius 2 is 1.82 bits per heavy atom. The lowest BCUT2D eigenvalue weighted by molar-refractivity contribution is 0.574. The summed E-state index contributed by atoms with van der Waals surface area (Å²) >= 11 is 0. The van der Waals surface area contributed by atoms with Gasteiger partial charge in [-0.25, -0.2) is 27.9 Å². The average Bonchev–Trinajstić information content (AvgIpc) is 3.31. The van der Waals surface area contributed by atoms with Crippen molar-refractivity contribution >= 4 is 16.9 Å². The van der Waals surface area contributed by atoms with E-state index >= 15 is 4.39 Å². The van der Waals surface area contributed by atoms with Gasteiger partial charge in [0.15, 0.2) is 0 Å². The molecule has 2 aromatic carbocycles. The summed E-state index contributed by atoms with van der Waals surface area (Å²) in [6.07, 6.45) is 4.21. The van der Waals surface area contributed by atoms with E-state index in [1.54, 1.807) is 17.8 Å². The number of nitrogen functional groups attached to an aromatic ring is 1. The number of rotatable bonds is 4. The van der Waals surface area contributed by atoms with Crippen molar-refractivity contribution in [2.75, 3.05) is 5.73 Å². The number of hydrogen-bond donors (Lipinski definition) is 1. The molecular formula is C22H16F3N7O. The van der Waals surface area contributed by atoms with E-state index in [9.17, 15) is 13.6 Å². The van der Waals surface area contributed by atoms with Crippen LogP contribution in [-0.4, -0.2) is 28.9 Å². The van der Waals surface area contributed by atoms with E-state index in [2.05, 4.69) is 15.1 Å². The van der Waals surface area contributed by atoms with Gasteiger partial charge in [-0.3, -0.25) is 4.57 Å². The topological polar surface area (TPSA) is 96.5 Å². The first-order valence-corrected chi connectivity index (χ1v) is 9.77. The van der Waals surface area contributed by atoms with E-state index in [0.29, 0.717) is 16.6 Å². The first-order valence-electron chi connectivity index (χ1n) is 9.77. The van der Waals surface area contributed by atoms with Crippen molar-refractivity contribution in [1.82, 2.24) is 28.9 Å². The van der Waals surface area contributed by atoms with E-state index in [4.69, 9.17) is 5.73 Å². The fraction of sp³-hybridized carbons (Fsp3) is 0.0909. The van der Waals surface area contributed by atoms with E-state index in [1.165, 1.54) is 24.8 Å². The van der Waals surface area contributed by atoms with Gasteiger partial charge in [0.1, 0.15) is 41.6 Å². The molecule has 11 heteroatoms. The van der Waals surface area contributed by atoms with Gasteiger partial charge in [0.2, 0.25) is 0 Å². The maximum absolute atomic E-state index is 15.1. The number of halogens is 3. The molecule has 0 aliphatic heterocycles. The van der Waals surface area contributed by atoms with Crippen LogP contribution in [0.2, 0.25) is 0 Å². The molecule has 0 radical (unpaired) electrons. The molecule has 0 fully saturated rings. The third-order valence-corrected chi connectivity index (χ3v) is 5.35. The van der Waals surface area contributed by atoms with Gasteiger partial charge < -0.3 is 10.3 Å². The van der Waals surface area contributed by atoms with Crippen molar-refractivity contribution < 1.29 is 13.2 Å². The Bertz CT molecular complexity index is 1590. The lowest BCUT2D eigenvalue weighted by Crippen LogP contribution is -2.24. The highest BCUT2D eigenvalue weighted by molar-refractivity contribution is 6.00. The molecule has 0 spiro atoms. The number of benzene rings is 2. The minimum absolute atomic E-state index is 0.00561. The van der Waals surface area contributed by atoms with Crippen molar-refractivity contribution in [1.29, 1.82) is 0 Å². The predicted octanol–water partition coefficient (Wildman–Crippen LogP) is 3.03. The van der Waals surface area contributed by atoms with Crippen LogP contribution in [0.5, 0.6) is 0 Å². The normalized spacial score (nSPS) is 11.4. The largest absolute Gasteiger partial charge is 0.383 e. The Kier molecular flexibility index (Phi) is 4.73. The molecule has 0 aliphatic carbocycles. The molecule has 0 bridgehead atoms. The zero-order chi connectivity index (χ0) is 23.3. The number of nitrogens with zero attached hydrogens (tertiary/aromatic N) is 6.